The number of hydrogen-bond donors (Lipinski definition) is 2. The van der Waals surface area contributed by atoms with E-state index in [1.807, 2.05) is 26.0 Å². The van der Waals surface area contributed by atoms with E-state index >= 15 is 0 Å². The predicted molar refractivity (Wildman–Crippen MR) is 89.2 cm³/mol. The second kappa shape index (κ2) is 5.23. The molecule has 0 atom stereocenters. The molecule has 0 unspecified atom stereocenters. The van der Waals surface area contributed by atoms with Crippen LogP contribution in [0.3, 0.4) is 0 Å². The largest absolute Gasteiger partial charge is 0.384 e. The maximum absolute atomic E-state index is 5.85. The molecule has 0 amide bonds. The van der Waals surface area contributed by atoms with Crippen LogP contribution in [0, 0.1) is 13.8 Å². The first-order valence-electron chi connectivity index (χ1n) is 6.93. The quantitative estimate of drug-likeness (QED) is 0.556. The van der Waals surface area contributed by atoms with Crippen molar-refractivity contribution in [2.45, 2.75) is 13.8 Å². The van der Waals surface area contributed by atoms with E-state index in [2.05, 4.69) is 15.0 Å². The zero-order valence-corrected chi connectivity index (χ0v) is 12.8. The fourth-order valence-electron chi connectivity index (χ4n) is 2.60. The molecule has 0 aliphatic heterocycles. The summed E-state index contributed by atoms with van der Waals surface area (Å²) in [5.74, 6) is 6.34. The van der Waals surface area contributed by atoms with Gasteiger partial charge in [0.2, 0.25) is 0 Å². The number of hydrazine groups is 1. The molecule has 0 saturated heterocycles. The van der Waals surface area contributed by atoms with Gasteiger partial charge >= 0.3 is 0 Å². The van der Waals surface area contributed by atoms with Crippen LogP contribution in [-0.4, -0.2) is 22.0 Å². The fraction of sp³-hybridized carbons (Fsp3) is 0.188. The molecule has 4 N–H and O–H groups in total. The Morgan fingerprint density at radius 2 is 1.86 bits per heavy atom. The molecule has 112 valence electrons. The fourth-order valence-corrected chi connectivity index (χ4v) is 2.60. The summed E-state index contributed by atoms with van der Waals surface area (Å²) in [5, 5.41) is 3.57. The Morgan fingerprint density at radius 1 is 1.09 bits per heavy atom. The number of anilines is 2. The number of nitrogens with two attached hydrogens (primary N) is 2. The third-order valence-electron chi connectivity index (χ3n) is 3.77. The Kier molecular flexibility index (Phi) is 3.38. The number of hydrogen-bond acceptors (Lipinski definition) is 6. The molecule has 22 heavy (non-hydrogen) atoms. The lowest BCUT2D eigenvalue weighted by Gasteiger charge is -2.17. The summed E-state index contributed by atoms with van der Waals surface area (Å²) in [5.41, 5.74) is 10.4. The molecule has 0 saturated carbocycles. The van der Waals surface area contributed by atoms with E-state index in [0.29, 0.717) is 5.82 Å². The van der Waals surface area contributed by atoms with E-state index in [1.54, 1.807) is 30.6 Å². The number of pyridine rings is 3. The van der Waals surface area contributed by atoms with E-state index in [4.69, 9.17) is 11.6 Å². The summed E-state index contributed by atoms with van der Waals surface area (Å²) >= 11 is 0. The van der Waals surface area contributed by atoms with E-state index < -0.39 is 0 Å². The zero-order chi connectivity index (χ0) is 15.9. The summed E-state index contributed by atoms with van der Waals surface area (Å²) < 4.78 is 0. The maximum atomic E-state index is 5.85. The molecular weight excluding hydrogens is 276 g/mol. The minimum Gasteiger partial charge on any atom is -0.384 e. The topological polar surface area (TPSA) is 93.9 Å². The Balaban J connectivity index is 2.25. The van der Waals surface area contributed by atoms with Crippen molar-refractivity contribution < 1.29 is 0 Å². The van der Waals surface area contributed by atoms with Gasteiger partial charge in [0.1, 0.15) is 5.82 Å². The molecule has 0 aliphatic carbocycles. The number of nitrogen functional groups attached to an aromatic ring is 1. The molecule has 6 nitrogen and oxygen atoms in total. The smallest absolute Gasteiger partial charge is 0.123 e. The third kappa shape index (κ3) is 2.33. The van der Waals surface area contributed by atoms with Crippen LogP contribution in [0.25, 0.3) is 22.0 Å². The highest BCUT2D eigenvalue weighted by molar-refractivity contribution is 5.89. The Hall–Kier alpha value is -2.73. The standard InChI is InChI=1S/C16H18N6/c1-9-12(6-19-8-15(9)22(3)18)14-4-11-5-16(17)20-7-13(11)10(2)21-14/h4-8H,18H2,1-3H3,(H2,17,20). The first-order chi connectivity index (χ1) is 10.5. The minimum absolute atomic E-state index is 0.495. The van der Waals surface area contributed by atoms with Gasteiger partial charge in [0, 0.05) is 36.1 Å². The van der Waals surface area contributed by atoms with Crippen molar-refractivity contribution in [2.75, 3.05) is 17.8 Å². The number of rotatable bonds is 2. The second-order valence-corrected chi connectivity index (χ2v) is 5.37. The lowest BCUT2D eigenvalue weighted by Crippen LogP contribution is -2.26. The molecular formula is C16H18N6. The van der Waals surface area contributed by atoms with Crippen molar-refractivity contribution in [3.05, 3.63) is 42.0 Å². The second-order valence-electron chi connectivity index (χ2n) is 5.37. The van der Waals surface area contributed by atoms with Crippen LogP contribution in [0.15, 0.2) is 30.7 Å². The molecule has 6 heteroatoms. The van der Waals surface area contributed by atoms with Crippen molar-refractivity contribution in [3.63, 3.8) is 0 Å². The van der Waals surface area contributed by atoms with Crippen LogP contribution in [0.4, 0.5) is 11.5 Å². The molecule has 0 fully saturated rings. The molecule has 3 rings (SSSR count). The lowest BCUT2D eigenvalue weighted by atomic mass is 10.0. The van der Waals surface area contributed by atoms with Crippen molar-refractivity contribution in [1.82, 2.24) is 15.0 Å². The molecule has 3 heterocycles. The van der Waals surface area contributed by atoms with Gasteiger partial charge in [-0.25, -0.2) is 10.8 Å². The molecule has 3 aromatic heterocycles. The molecule has 0 radical (unpaired) electrons. The third-order valence-corrected chi connectivity index (χ3v) is 3.77. The van der Waals surface area contributed by atoms with Crippen LogP contribution >= 0.6 is 0 Å². The first kappa shape index (κ1) is 14.2. The van der Waals surface area contributed by atoms with Crippen molar-refractivity contribution in [2.24, 2.45) is 5.84 Å². The maximum Gasteiger partial charge on any atom is 0.123 e. The van der Waals surface area contributed by atoms with Crippen LogP contribution in [0.1, 0.15) is 11.3 Å². The highest BCUT2D eigenvalue weighted by Gasteiger charge is 2.12. The lowest BCUT2D eigenvalue weighted by molar-refractivity contribution is 0.996. The van der Waals surface area contributed by atoms with Crippen LogP contribution in [-0.2, 0) is 0 Å². The number of aryl methyl sites for hydroxylation is 1. The Morgan fingerprint density at radius 3 is 2.59 bits per heavy atom. The van der Waals surface area contributed by atoms with Gasteiger partial charge in [0.05, 0.1) is 17.6 Å². The van der Waals surface area contributed by atoms with Gasteiger partial charge in [-0.1, -0.05) is 0 Å². The highest BCUT2D eigenvalue weighted by atomic mass is 15.4. The Bertz CT molecular complexity index is 857. The summed E-state index contributed by atoms with van der Waals surface area (Å²) in [6, 6.07) is 3.86. The van der Waals surface area contributed by atoms with E-state index in [9.17, 15) is 0 Å². The number of nitrogens with zero attached hydrogens (tertiary/aromatic N) is 4. The van der Waals surface area contributed by atoms with Gasteiger partial charge in [-0.2, -0.15) is 0 Å². The van der Waals surface area contributed by atoms with Gasteiger partial charge in [-0.15, -0.1) is 0 Å². The molecule has 0 aliphatic rings. The van der Waals surface area contributed by atoms with Gasteiger partial charge in [0.15, 0.2) is 0 Å². The molecule has 0 spiro atoms. The highest BCUT2D eigenvalue weighted by Crippen LogP contribution is 2.30. The average Bonchev–Trinajstić information content (AvgIpc) is 2.46. The summed E-state index contributed by atoms with van der Waals surface area (Å²) in [4.78, 5) is 13.1. The van der Waals surface area contributed by atoms with Crippen LogP contribution in [0.5, 0.6) is 0 Å². The van der Waals surface area contributed by atoms with Crippen LogP contribution < -0.4 is 16.6 Å². The minimum atomic E-state index is 0.495. The molecule has 0 aromatic carbocycles. The molecule has 0 bridgehead atoms. The van der Waals surface area contributed by atoms with Gasteiger partial charge in [0.25, 0.3) is 0 Å². The van der Waals surface area contributed by atoms with Gasteiger partial charge in [-0.3, -0.25) is 9.97 Å². The summed E-state index contributed by atoms with van der Waals surface area (Å²) in [7, 11) is 1.79. The normalized spacial score (nSPS) is 10.9. The van der Waals surface area contributed by atoms with Crippen molar-refractivity contribution in [3.8, 4) is 11.3 Å². The van der Waals surface area contributed by atoms with E-state index in [1.165, 1.54) is 0 Å². The molecule has 3 aromatic rings. The van der Waals surface area contributed by atoms with Gasteiger partial charge < -0.3 is 10.7 Å². The van der Waals surface area contributed by atoms with Gasteiger partial charge in [-0.05, 0) is 36.9 Å². The average molecular weight is 294 g/mol. The van der Waals surface area contributed by atoms with E-state index in [0.717, 1.165) is 39.0 Å². The Labute approximate surface area is 128 Å². The zero-order valence-electron chi connectivity index (χ0n) is 12.8. The van der Waals surface area contributed by atoms with Crippen molar-refractivity contribution >= 4 is 22.3 Å². The van der Waals surface area contributed by atoms with E-state index in [-0.39, 0.29) is 0 Å². The summed E-state index contributed by atoms with van der Waals surface area (Å²) in [6.07, 6.45) is 5.31. The first-order valence-corrected chi connectivity index (χ1v) is 6.93. The number of fused-ring (bicyclic) bond motifs is 1. The number of aromatic nitrogens is 3. The summed E-state index contributed by atoms with van der Waals surface area (Å²) in [6.45, 7) is 3.98. The predicted octanol–water partition coefficient (Wildman–Crippen LogP) is 2.20. The monoisotopic (exact) mass is 294 g/mol. The van der Waals surface area contributed by atoms with Crippen molar-refractivity contribution in [1.29, 1.82) is 0 Å². The SMILES string of the molecule is Cc1c(-c2cc3cc(N)ncc3c(C)n2)cncc1N(C)N. The van der Waals surface area contributed by atoms with Crippen LogP contribution in [0.2, 0.25) is 0 Å².